The van der Waals surface area contributed by atoms with Crippen molar-refractivity contribution >= 4 is 27.5 Å². The van der Waals surface area contributed by atoms with E-state index in [4.69, 9.17) is 16.7 Å². The number of hydrogen-bond donors (Lipinski definition) is 1. The molecular weight excluding hydrogens is 284 g/mol. The molecule has 0 aliphatic carbocycles. The fourth-order valence-electron chi connectivity index (χ4n) is 0.900. The lowest BCUT2D eigenvalue weighted by molar-refractivity contribution is -0.0312. The van der Waals surface area contributed by atoms with Gasteiger partial charge in [0.05, 0.1) is 0 Å². The minimum absolute atomic E-state index is 0.0799. The molecule has 1 aromatic rings. The molecule has 0 saturated carbocycles. The predicted octanol–water partition coefficient (Wildman–Crippen LogP) is 3.50. The van der Waals surface area contributed by atoms with Crippen LogP contribution in [0.4, 0.5) is 13.2 Å². The van der Waals surface area contributed by atoms with Gasteiger partial charge in [-0.05, 0) is 28.1 Å². The maximum Gasteiger partial charge on any atom is 0.330 e. The van der Waals surface area contributed by atoms with Gasteiger partial charge in [0, 0.05) is 10.6 Å². The predicted molar refractivity (Wildman–Crippen MR) is 50.2 cm³/mol. The molecule has 0 radical (unpaired) electrons. The zero-order valence-corrected chi connectivity index (χ0v) is 8.99. The Morgan fingerprint density at radius 3 is 2.43 bits per heavy atom. The second kappa shape index (κ2) is 4.08. The molecule has 0 fully saturated rings. The van der Waals surface area contributed by atoms with Crippen molar-refractivity contribution in [3.63, 3.8) is 0 Å². The quantitative estimate of drug-likeness (QED) is 0.826. The molecule has 14 heavy (non-hydrogen) atoms. The van der Waals surface area contributed by atoms with Crippen LogP contribution in [-0.2, 0) is 0 Å². The molecule has 1 rings (SSSR count). The summed E-state index contributed by atoms with van der Waals surface area (Å²) in [4.78, 5) is -3.57. The summed E-state index contributed by atoms with van der Waals surface area (Å²) in [7, 11) is 0. The Morgan fingerprint density at radius 1 is 1.43 bits per heavy atom. The van der Waals surface area contributed by atoms with E-state index in [-0.39, 0.29) is 5.02 Å². The third-order valence-corrected chi connectivity index (χ3v) is 2.24. The molecule has 0 spiro atoms. The van der Waals surface area contributed by atoms with Crippen LogP contribution in [0.15, 0.2) is 18.2 Å². The monoisotopic (exact) mass is 288 g/mol. The van der Waals surface area contributed by atoms with Crippen LogP contribution < -0.4 is 0 Å². The fraction of sp³-hybridized carbons (Fsp3) is 0.250. The maximum atomic E-state index is 13.0. The smallest absolute Gasteiger partial charge is 0.330 e. The van der Waals surface area contributed by atoms with E-state index in [1.165, 1.54) is 6.07 Å². The van der Waals surface area contributed by atoms with Gasteiger partial charge in [-0.25, -0.2) is 4.39 Å². The Bertz CT molecular complexity index is 340. The summed E-state index contributed by atoms with van der Waals surface area (Å²) in [5.41, 5.74) is -0.503. The normalized spacial score (nSPS) is 14.1. The second-order valence-electron chi connectivity index (χ2n) is 2.61. The van der Waals surface area contributed by atoms with E-state index in [2.05, 4.69) is 0 Å². The summed E-state index contributed by atoms with van der Waals surface area (Å²) in [6, 6.07) is 3.10. The lowest BCUT2D eigenvalue weighted by Crippen LogP contribution is -2.19. The van der Waals surface area contributed by atoms with Gasteiger partial charge in [0.15, 0.2) is 6.10 Å². The average Bonchev–Trinajstić information content (AvgIpc) is 2.01. The first-order chi connectivity index (χ1) is 6.32. The third-order valence-electron chi connectivity index (χ3n) is 1.57. The van der Waals surface area contributed by atoms with Gasteiger partial charge < -0.3 is 5.11 Å². The summed E-state index contributed by atoms with van der Waals surface area (Å²) in [5, 5.41) is 9.13. The van der Waals surface area contributed by atoms with E-state index in [9.17, 15) is 13.2 Å². The fourth-order valence-corrected chi connectivity index (χ4v) is 1.30. The van der Waals surface area contributed by atoms with Gasteiger partial charge in [-0.3, -0.25) is 0 Å². The van der Waals surface area contributed by atoms with Crippen LogP contribution in [0.2, 0.25) is 5.02 Å². The number of hydrogen-bond acceptors (Lipinski definition) is 1. The van der Waals surface area contributed by atoms with Crippen molar-refractivity contribution < 1.29 is 18.3 Å². The van der Waals surface area contributed by atoms with Gasteiger partial charge in [-0.1, -0.05) is 17.7 Å². The SMILES string of the molecule is OC(c1ccc(Cl)cc1F)C(F)(F)Br. The van der Waals surface area contributed by atoms with Crippen molar-refractivity contribution in [2.24, 2.45) is 0 Å². The summed E-state index contributed by atoms with van der Waals surface area (Å²) < 4.78 is 38.1. The highest BCUT2D eigenvalue weighted by Crippen LogP contribution is 2.37. The lowest BCUT2D eigenvalue weighted by Gasteiger charge is -2.17. The molecule has 0 aromatic heterocycles. The molecule has 1 atom stereocenters. The Kier molecular flexibility index (Phi) is 3.44. The summed E-state index contributed by atoms with van der Waals surface area (Å²) in [6.45, 7) is 0. The van der Waals surface area contributed by atoms with Gasteiger partial charge in [0.2, 0.25) is 0 Å². The van der Waals surface area contributed by atoms with Crippen LogP contribution in [0, 0.1) is 5.82 Å². The van der Waals surface area contributed by atoms with Crippen molar-refractivity contribution in [2.75, 3.05) is 0 Å². The Hall–Kier alpha value is -0.260. The van der Waals surface area contributed by atoms with Crippen LogP contribution in [-0.4, -0.2) is 9.94 Å². The topological polar surface area (TPSA) is 20.2 Å². The van der Waals surface area contributed by atoms with Gasteiger partial charge in [0.1, 0.15) is 5.82 Å². The molecule has 0 aliphatic rings. The molecule has 0 bridgehead atoms. The first-order valence-electron chi connectivity index (χ1n) is 3.52. The van der Waals surface area contributed by atoms with E-state index in [1.807, 2.05) is 15.9 Å². The molecule has 0 saturated heterocycles. The van der Waals surface area contributed by atoms with Gasteiger partial charge in [-0.15, -0.1) is 0 Å². The van der Waals surface area contributed by atoms with Crippen molar-refractivity contribution in [3.8, 4) is 0 Å². The zero-order valence-electron chi connectivity index (χ0n) is 6.65. The second-order valence-corrected chi connectivity index (χ2v) is 4.10. The first-order valence-corrected chi connectivity index (χ1v) is 4.69. The Morgan fingerprint density at radius 2 is 2.00 bits per heavy atom. The highest BCUT2D eigenvalue weighted by molar-refractivity contribution is 9.10. The zero-order chi connectivity index (χ0) is 10.9. The van der Waals surface area contributed by atoms with Gasteiger partial charge in [0.25, 0.3) is 0 Å². The van der Waals surface area contributed by atoms with E-state index in [0.717, 1.165) is 12.1 Å². The number of halogens is 5. The molecular formula is C8H5BrClF3O. The number of rotatable bonds is 2. The highest BCUT2D eigenvalue weighted by Gasteiger charge is 2.37. The summed E-state index contributed by atoms with van der Waals surface area (Å²) >= 11 is 7.37. The minimum atomic E-state index is -3.57. The molecule has 1 aromatic carbocycles. The van der Waals surface area contributed by atoms with Crippen molar-refractivity contribution in [2.45, 2.75) is 10.9 Å². The van der Waals surface area contributed by atoms with Crippen molar-refractivity contribution in [3.05, 3.63) is 34.6 Å². The molecule has 0 heterocycles. The molecule has 0 aliphatic heterocycles. The van der Waals surface area contributed by atoms with Crippen LogP contribution in [0.3, 0.4) is 0 Å². The van der Waals surface area contributed by atoms with Crippen LogP contribution >= 0.6 is 27.5 Å². The van der Waals surface area contributed by atoms with Gasteiger partial charge in [-0.2, -0.15) is 8.78 Å². The molecule has 1 nitrogen and oxygen atoms in total. The van der Waals surface area contributed by atoms with E-state index in [1.54, 1.807) is 0 Å². The molecule has 0 amide bonds. The van der Waals surface area contributed by atoms with Crippen LogP contribution in [0.1, 0.15) is 11.7 Å². The minimum Gasteiger partial charge on any atom is -0.381 e. The van der Waals surface area contributed by atoms with E-state index in [0.29, 0.717) is 0 Å². The van der Waals surface area contributed by atoms with E-state index < -0.39 is 22.3 Å². The average molecular weight is 289 g/mol. The van der Waals surface area contributed by atoms with E-state index >= 15 is 0 Å². The molecule has 1 N–H and O–H groups in total. The molecule has 1 unspecified atom stereocenters. The van der Waals surface area contributed by atoms with Crippen molar-refractivity contribution in [1.29, 1.82) is 0 Å². The maximum absolute atomic E-state index is 13.0. The first kappa shape index (κ1) is 11.8. The summed E-state index contributed by atoms with van der Waals surface area (Å²) in [6.07, 6.45) is -2.24. The third kappa shape index (κ3) is 2.62. The number of benzene rings is 1. The van der Waals surface area contributed by atoms with Crippen LogP contribution in [0.25, 0.3) is 0 Å². The number of alkyl halides is 3. The standard InChI is InChI=1S/C8H5BrClF3O/c9-8(12,13)7(14)5-2-1-4(10)3-6(5)11/h1-3,7,14H. The van der Waals surface area contributed by atoms with Gasteiger partial charge >= 0.3 is 4.83 Å². The summed E-state index contributed by atoms with van der Waals surface area (Å²) in [5.74, 6) is -0.968. The Labute approximate surface area is 91.6 Å². The Balaban J connectivity index is 3.08. The number of aliphatic hydroxyl groups excluding tert-OH is 1. The largest absolute Gasteiger partial charge is 0.381 e. The van der Waals surface area contributed by atoms with Crippen LogP contribution in [0.5, 0.6) is 0 Å². The number of aliphatic hydroxyl groups is 1. The lowest BCUT2D eigenvalue weighted by atomic mass is 10.1. The van der Waals surface area contributed by atoms with Crippen molar-refractivity contribution in [1.82, 2.24) is 0 Å². The highest BCUT2D eigenvalue weighted by atomic mass is 79.9. The molecule has 78 valence electrons. The molecule has 6 heteroatoms.